The van der Waals surface area contributed by atoms with Gasteiger partial charge in [0.15, 0.2) is 11.6 Å². The van der Waals surface area contributed by atoms with Gasteiger partial charge in [0.05, 0.1) is 17.5 Å². The van der Waals surface area contributed by atoms with Crippen molar-refractivity contribution in [2.24, 2.45) is 0 Å². The summed E-state index contributed by atoms with van der Waals surface area (Å²) in [4.78, 5) is 26.1. The van der Waals surface area contributed by atoms with Gasteiger partial charge in [-0.05, 0) is 26.2 Å². The Morgan fingerprint density at radius 3 is 2.86 bits per heavy atom. The molecule has 2 fully saturated rings. The number of piperidine rings is 1. The summed E-state index contributed by atoms with van der Waals surface area (Å²) in [5, 5.41) is 14.2. The van der Waals surface area contributed by atoms with Crippen molar-refractivity contribution in [2.45, 2.75) is 56.9 Å². The monoisotopic (exact) mass is 389 g/mol. The minimum absolute atomic E-state index is 0.223. The molecule has 0 radical (unpaired) electrons. The number of hydrogen-bond donors (Lipinski definition) is 3. The quantitative estimate of drug-likeness (QED) is 0.714. The number of aromatic amines is 1. The van der Waals surface area contributed by atoms with Crippen LogP contribution in [0.2, 0.25) is 0 Å². The Labute approximate surface area is 163 Å². The number of aromatic nitrogens is 3. The number of oxazole rings is 1. The zero-order chi connectivity index (χ0) is 19.8. The highest BCUT2D eigenvalue weighted by atomic mass is 16.5. The van der Waals surface area contributed by atoms with E-state index in [1.165, 1.54) is 6.26 Å². The highest BCUT2D eigenvalue weighted by molar-refractivity contribution is 5.92. The lowest BCUT2D eigenvalue weighted by Crippen LogP contribution is -2.69. The summed E-state index contributed by atoms with van der Waals surface area (Å²) < 4.78 is 11.2. The van der Waals surface area contributed by atoms with E-state index in [2.05, 4.69) is 25.2 Å². The zero-order valence-electron chi connectivity index (χ0n) is 16.3. The zero-order valence-corrected chi connectivity index (χ0v) is 16.3. The second-order valence-electron chi connectivity index (χ2n) is 8.04. The van der Waals surface area contributed by atoms with Gasteiger partial charge in [0.1, 0.15) is 12.4 Å². The largest absolute Gasteiger partial charge is 0.448 e. The number of hydrogen-bond acceptors (Lipinski definition) is 7. The molecule has 0 unspecified atom stereocenters. The van der Waals surface area contributed by atoms with Gasteiger partial charge in [0, 0.05) is 45.1 Å². The molecule has 2 atom stereocenters. The van der Waals surface area contributed by atoms with E-state index < -0.39 is 17.2 Å². The molecule has 2 aliphatic rings. The summed E-state index contributed by atoms with van der Waals surface area (Å²) in [5.41, 5.74) is -0.139. The van der Waals surface area contributed by atoms with Gasteiger partial charge >= 0.3 is 0 Å². The van der Waals surface area contributed by atoms with Gasteiger partial charge in [-0.3, -0.25) is 9.69 Å². The number of imidazole rings is 1. The van der Waals surface area contributed by atoms with Crippen molar-refractivity contribution in [1.82, 2.24) is 25.2 Å². The molecule has 9 heteroatoms. The first-order valence-electron chi connectivity index (χ1n) is 9.66. The Hall–Kier alpha value is -2.23. The Morgan fingerprint density at radius 1 is 1.43 bits per heavy atom. The second-order valence-corrected chi connectivity index (χ2v) is 8.04. The Morgan fingerprint density at radius 2 is 2.21 bits per heavy atom. The molecular weight excluding hydrogens is 362 g/mol. The highest BCUT2D eigenvalue weighted by Gasteiger charge is 2.53. The third kappa shape index (κ3) is 3.57. The second kappa shape index (κ2) is 7.31. The molecule has 4 heterocycles. The van der Waals surface area contributed by atoms with Crippen LogP contribution in [-0.2, 0) is 11.3 Å². The number of ether oxygens (including phenoxy) is 1. The van der Waals surface area contributed by atoms with Crippen molar-refractivity contribution >= 4 is 5.91 Å². The van der Waals surface area contributed by atoms with Gasteiger partial charge < -0.3 is 24.6 Å². The van der Waals surface area contributed by atoms with Crippen LogP contribution in [0.25, 0.3) is 0 Å². The molecule has 2 saturated heterocycles. The number of aliphatic hydroxyl groups is 1. The molecule has 152 valence electrons. The molecule has 1 amide bonds. The van der Waals surface area contributed by atoms with Crippen LogP contribution in [0.1, 0.15) is 48.3 Å². The summed E-state index contributed by atoms with van der Waals surface area (Å²) in [6.45, 7) is 6.47. The van der Waals surface area contributed by atoms with Crippen LogP contribution in [0.5, 0.6) is 0 Å². The molecule has 0 bridgehead atoms. The number of likely N-dealkylation sites (tertiary alicyclic amines) is 1. The van der Waals surface area contributed by atoms with Gasteiger partial charge in [-0.25, -0.2) is 9.97 Å². The van der Waals surface area contributed by atoms with Crippen LogP contribution in [0.3, 0.4) is 0 Å². The van der Waals surface area contributed by atoms with E-state index >= 15 is 0 Å². The molecule has 4 rings (SSSR count). The lowest BCUT2D eigenvalue weighted by Gasteiger charge is -2.53. The summed E-state index contributed by atoms with van der Waals surface area (Å²) in [5.74, 6) is 0.0936. The molecule has 28 heavy (non-hydrogen) atoms. The minimum Gasteiger partial charge on any atom is -0.448 e. The number of aryl methyl sites for hydroxylation is 1. The minimum atomic E-state index is -0.806. The fourth-order valence-corrected chi connectivity index (χ4v) is 4.30. The fraction of sp³-hybridized carbons (Fsp3) is 0.632. The molecule has 0 aromatic carbocycles. The number of carbonyl (C=O) groups excluding carboxylic acids is 1. The Balaban J connectivity index is 1.42. The van der Waals surface area contributed by atoms with Crippen molar-refractivity contribution in [1.29, 1.82) is 0 Å². The van der Waals surface area contributed by atoms with Crippen LogP contribution >= 0.6 is 0 Å². The average Bonchev–Trinajstić information content (AvgIpc) is 3.33. The molecular formula is C19H27N5O4. The number of nitrogens with zero attached hydrogens (tertiary/aromatic N) is 3. The van der Waals surface area contributed by atoms with E-state index in [1.807, 2.05) is 13.1 Å². The lowest BCUT2D eigenvalue weighted by molar-refractivity contribution is -0.206. The van der Waals surface area contributed by atoms with E-state index in [1.54, 1.807) is 13.3 Å². The third-order valence-corrected chi connectivity index (χ3v) is 6.01. The predicted molar refractivity (Wildman–Crippen MR) is 99.5 cm³/mol. The van der Waals surface area contributed by atoms with Gasteiger partial charge in [-0.1, -0.05) is 0 Å². The SMILES string of the molecule is Cc1nc(C(=O)N[C@@]2(C)CCOC3(CCN(Cc4cnc[nH]4)CC3)[C@@H]2O)co1. The van der Waals surface area contributed by atoms with Crippen molar-refractivity contribution in [2.75, 3.05) is 19.7 Å². The van der Waals surface area contributed by atoms with Crippen molar-refractivity contribution in [3.8, 4) is 0 Å². The maximum atomic E-state index is 12.6. The van der Waals surface area contributed by atoms with Gasteiger partial charge in [-0.2, -0.15) is 0 Å². The molecule has 2 aliphatic heterocycles. The first kappa shape index (κ1) is 19.1. The van der Waals surface area contributed by atoms with Crippen LogP contribution in [0.15, 0.2) is 23.2 Å². The van der Waals surface area contributed by atoms with Crippen molar-refractivity contribution in [3.63, 3.8) is 0 Å². The van der Waals surface area contributed by atoms with Crippen LogP contribution in [0, 0.1) is 6.92 Å². The van der Waals surface area contributed by atoms with Gasteiger partial charge in [0.2, 0.25) is 0 Å². The van der Waals surface area contributed by atoms with E-state index in [-0.39, 0.29) is 11.6 Å². The maximum Gasteiger partial charge on any atom is 0.273 e. The first-order chi connectivity index (χ1) is 13.4. The molecule has 2 aromatic rings. The van der Waals surface area contributed by atoms with Crippen LogP contribution < -0.4 is 5.32 Å². The summed E-state index contributed by atoms with van der Waals surface area (Å²) in [7, 11) is 0. The normalized spacial score (nSPS) is 27.8. The predicted octanol–water partition coefficient (Wildman–Crippen LogP) is 1.01. The Bertz CT molecular complexity index is 812. The number of H-pyrrole nitrogens is 1. The average molecular weight is 389 g/mol. The first-order valence-corrected chi connectivity index (χ1v) is 9.66. The molecule has 0 aliphatic carbocycles. The van der Waals surface area contributed by atoms with Gasteiger partial charge in [-0.15, -0.1) is 0 Å². The number of carbonyl (C=O) groups is 1. The van der Waals surface area contributed by atoms with Crippen LogP contribution in [-0.4, -0.2) is 67.8 Å². The Kier molecular flexibility index (Phi) is 4.98. The number of nitrogens with one attached hydrogen (secondary N) is 2. The standard InChI is InChI=1S/C19H27N5O4/c1-13-22-15(11-27-13)16(25)23-18(2)5-8-28-19(17(18)26)3-6-24(7-4-19)10-14-9-20-12-21-14/h9,11-12,17,26H,3-8,10H2,1-2H3,(H,20,21)(H,23,25)/t17-,18+/m1/s1. The van der Waals surface area contributed by atoms with E-state index in [4.69, 9.17) is 9.15 Å². The number of aliphatic hydroxyl groups excluding tert-OH is 1. The van der Waals surface area contributed by atoms with Crippen LogP contribution in [0.4, 0.5) is 0 Å². The molecule has 9 nitrogen and oxygen atoms in total. The van der Waals surface area contributed by atoms with Crippen molar-refractivity contribution < 1.29 is 19.1 Å². The molecule has 0 saturated carbocycles. The fourth-order valence-electron chi connectivity index (χ4n) is 4.30. The smallest absolute Gasteiger partial charge is 0.273 e. The molecule has 3 N–H and O–H groups in total. The number of rotatable bonds is 4. The van der Waals surface area contributed by atoms with E-state index in [9.17, 15) is 9.90 Å². The molecule has 1 spiro atoms. The van der Waals surface area contributed by atoms with E-state index in [0.717, 1.165) is 25.3 Å². The summed E-state index contributed by atoms with van der Waals surface area (Å²) >= 11 is 0. The maximum absolute atomic E-state index is 12.6. The summed E-state index contributed by atoms with van der Waals surface area (Å²) in [6.07, 6.45) is 5.99. The third-order valence-electron chi connectivity index (χ3n) is 6.01. The van der Waals surface area contributed by atoms with Crippen molar-refractivity contribution in [3.05, 3.63) is 36.1 Å². The molecule has 2 aromatic heterocycles. The number of amides is 1. The van der Waals surface area contributed by atoms with E-state index in [0.29, 0.717) is 31.8 Å². The topological polar surface area (TPSA) is 117 Å². The summed E-state index contributed by atoms with van der Waals surface area (Å²) in [6, 6.07) is 0. The highest BCUT2D eigenvalue weighted by Crippen LogP contribution is 2.40. The van der Waals surface area contributed by atoms with Gasteiger partial charge in [0.25, 0.3) is 5.91 Å². The lowest BCUT2D eigenvalue weighted by atomic mass is 9.73.